The van der Waals surface area contributed by atoms with E-state index in [4.69, 9.17) is 14.4 Å². The molecule has 1 heterocycles. The Morgan fingerprint density at radius 3 is 2.68 bits per heavy atom. The van der Waals surface area contributed by atoms with Gasteiger partial charge in [0.1, 0.15) is 5.75 Å². The quantitative estimate of drug-likeness (QED) is 0.269. The minimum atomic E-state index is -1.07. The molecule has 0 aliphatic carbocycles. The molecule has 102 valence electrons. The van der Waals surface area contributed by atoms with Gasteiger partial charge in [-0.1, -0.05) is 32.0 Å². The fraction of sp³-hybridized carbons (Fsp3) is 0.500. The summed E-state index contributed by atoms with van der Waals surface area (Å²) in [5.41, 5.74) is -0.116. The summed E-state index contributed by atoms with van der Waals surface area (Å²) in [5, 5.41) is 0. The topological polar surface area (TPSA) is 44.8 Å². The van der Waals surface area contributed by atoms with Crippen molar-refractivity contribution in [3.63, 3.8) is 0 Å². The third kappa shape index (κ3) is 2.99. The monoisotopic (exact) mass is 262 g/mol. The van der Waals surface area contributed by atoms with Crippen molar-refractivity contribution in [2.45, 2.75) is 45.4 Å². The summed E-state index contributed by atoms with van der Waals surface area (Å²) in [7, 11) is 0. The summed E-state index contributed by atoms with van der Waals surface area (Å²) >= 11 is 0. The first kappa shape index (κ1) is 14.1. The molecule has 0 amide bonds. The van der Waals surface area contributed by atoms with Crippen molar-refractivity contribution in [2.24, 2.45) is 0 Å². The fourth-order valence-electron chi connectivity index (χ4n) is 2.06. The van der Waals surface area contributed by atoms with Crippen LogP contribution in [0.25, 0.3) is 0 Å². The molecular formula is C14H19BO4. The van der Waals surface area contributed by atoms with Gasteiger partial charge in [-0.05, 0) is 31.2 Å². The second-order valence-corrected chi connectivity index (χ2v) is 5.02. The molecule has 0 N–H and O–H groups in total. The van der Waals surface area contributed by atoms with E-state index in [1.165, 1.54) is 0 Å². The van der Waals surface area contributed by atoms with E-state index >= 15 is 0 Å². The number of ether oxygens (including phenoxy) is 1. The maximum atomic E-state index is 12.0. The van der Waals surface area contributed by atoms with E-state index in [9.17, 15) is 4.79 Å². The van der Waals surface area contributed by atoms with Crippen LogP contribution >= 0.6 is 0 Å². The number of para-hydroxylation sites is 1. The molecule has 0 spiro atoms. The molecule has 4 nitrogen and oxygen atoms in total. The Bertz CT molecular complexity index is 459. The Morgan fingerprint density at radius 2 is 2.00 bits per heavy atom. The van der Waals surface area contributed by atoms with Crippen molar-refractivity contribution < 1.29 is 19.2 Å². The van der Waals surface area contributed by atoms with Crippen molar-refractivity contribution >= 4 is 12.9 Å². The largest absolute Gasteiger partial charge is 0.424 e. The maximum Gasteiger partial charge on any atom is 0.347 e. The Labute approximate surface area is 114 Å². The van der Waals surface area contributed by atoms with Gasteiger partial charge in [0.2, 0.25) is 0 Å². The lowest BCUT2D eigenvalue weighted by Crippen LogP contribution is -2.47. The van der Waals surface area contributed by atoms with Crippen LogP contribution in [0.4, 0.5) is 0 Å². The minimum Gasteiger partial charge on any atom is -0.424 e. The zero-order valence-electron chi connectivity index (χ0n) is 11.6. The number of fused-ring (bicyclic) bond motifs is 1. The van der Waals surface area contributed by atoms with Gasteiger partial charge in [-0.3, -0.25) is 0 Å². The first-order valence-electron chi connectivity index (χ1n) is 6.73. The molecule has 0 fully saturated rings. The predicted octanol–water partition coefficient (Wildman–Crippen LogP) is 2.89. The van der Waals surface area contributed by atoms with Crippen molar-refractivity contribution in [3.8, 4) is 5.75 Å². The average Bonchev–Trinajstić information content (AvgIpc) is 2.41. The number of carbonyl (C=O) groups is 1. The lowest BCUT2D eigenvalue weighted by molar-refractivity contribution is -0.289. The standard InChI is InChI=1S/C14H19BO4/c1-4-15(5-2)19-18-14(3)10-11-8-6-7-9-12(11)17-13(14)16/h6-9H,4-5,10H2,1-3H3. The van der Waals surface area contributed by atoms with Gasteiger partial charge in [-0.15, -0.1) is 0 Å². The van der Waals surface area contributed by atoms with Gasteiger partial charge >= 0.3 is 12.9 Å². The van der Waals surface area contributed by atoms with Crippen LogP contribution < -0.4 is 4.74 Å². The summed E-state index contributed by atoms with van der Waals surface area (Å²) in [5.74, 6) is 0.202. The number of benzene rings is 1. The van der Waals surface area contributed by atoms with Gasteiger partial charge in [-0.25, -0.2) is 9.68 Å². The van der Waals surface area contributed by atoms with Crippen LogP contribution in [0.3, 0.4) is 0 Å². The van der Waals surface area contributed by atoms with Crippen molar-refractivity contribution in [1.29, 1.82) is 0 Å². The number of carbonyl (C=O) groups excluding carboxylic acids is 1. The normalized spacial score (nSPS) is 21.7. The first-order chi connectivity index (χ1) is 9.09. The van der Waals surface area contributed by atoms with Crippen LogP contribution in [-0.2, 0) is 20.9 Å². The van der Waals surface area contributed by atoms with Crippen molar-refractivity contribution in [3.05, 3.63) is 29.8 Å². The molecule has 1 aromatic rings. The van der Waals surface area contributed by atoms with E-state index < -0.39 is 11.6 Å². The first-order valence-corrected chi connectivity index (χ1v) is 6.73. The van der Waals surface area contributed by atoms with Crippen LogP contribution in [-0.4, -0.2) is 18.5 Å². The molecule has 1 unspecified atom stereocenters. The molecule has 19 heavy (non-hydrogen) atoms. The van der Waals surface area contributed by atoms with E-state index in [1.54, 1.807) is 13.0 Å². The molecule has 2 rings (SSSR count). The van der Waals surface area contributed by atoms with Gasteiger partial charge in [-0.2, -0.15) is 0 Å². The lowest BCUT2D eigenvalue weighted by atomic mass is 9.63. The number of esters is 1. The Balaban J connectivity index is 2.09. The Kier molecular flexibility index (Phi) is 4.27. The van der Waals surface area contributed by atoms with Crippen molar-refractivity contribution in [1.82, 2.24) is 0 Å². The molecule has 1 aliphatic rings. The van der Waals surface area contributed by atoms with Gasteiger partial charge < -0.3 is 9.54 Å². The third-order valence-electron chi connectivity index (χ3n) is 3.41. The molecule has 1 aromatic carbocycles. The van der Waals surface area contributed by atoms with Crippen LogP contribution in [0.1, 0.15) is 26.3 Å². The fourth-order valence-corrected chi connectivity index (χ4v) is 2.06. The number of hydrogen-bond donors (Lipinski definition) is 0. The zero-order chi connectivity index (χ0) is 13.9. The Hall–Kier alpha value is -1.33. The van der Waals surface area contributed by atoms with E-state index in [0.717, 1.165) is 18.2 Å². The molecule has 5 heteroatoms. The molecule has 0 bridgehead atoms. The lowest BCUT2D eigenvalue weighted by Gasteiger charge is -2.32. The van der Waals surface area contributed by atoms with Gasteiger partial charge in [0.25, 0.3) is 0 Å². The highest BCUT2D eigenvalue weighted by Crippen LogP contribution is 2.32. The highest BCUT2D eigenvalue weighted by molar-refractivity contribution is 6.51. The highest BCUT2D eigenvalue weighted by Gasteiger charge is 2.43. The summed E-state index contributed by atoms with van der Waals surface area (Å²) < 4.78 is 5.30. The van der Waals surface area contributed by atoms with E-state index in [0.29, 0.717) is 12.2 Å². The average molecular weight is 262 g/mol. The zero-order valence-corrected chi connectivity index (χ0v) is 11.6. The second-order valence-electron chi connectivity index (χ2n) is 5.02. The molecular weight excluding hydrogens is 243 g/mol. The molecule has 0 saturated heterocycles. The molecule has 0 aromatic heterocycles. The summed E-state index contributed by atoms with van der Waals surface area (Å²) in [6.45, 7) is 5.75. The predicted molar refractivity (Wildman–Crippen MR) is 73.1 cm³/mol. The molecule has 1 atom stereocenters. The highest BCUT2D eigenvalue weighted by atomic mass is 17.2. The van der Waals surface area contributed by atoms with E-state index in [1.807, 2.05) is 32.0 Å². The minimum absolute atomic E-state index is 0.00166. The van der Waals surface area contributed by atoms with Gasteiger partial charge in [0.15, 0.2) is 5.60 Å². The second kappa shape index (κ2) is 5.76. The van der Waals surface area contributed by atoms with E-state index in [2.05, 4.69) is 0 Å². The molecule has 1 aliphatic heterocycles. The van der Waals surface area contributed by atoms with Crippen LogP contribution in [0.5, 0.6) is 5.75 Å². The maximum absolute atomic E-state index is 12.0. The number of hydrogen-bond acceptors (Lipinski definition) is 4. The van der Waals surface area contributed by atoms with E-state index in [-0.39, 0.29) is 6.92 Å². The summed E-state index contributed by atoms with van der Waals surface area (Å²) in [6.07, 6.45) is 2.15. The molecule has 0 saturated carbocycles. The third-order valence-corrected chi connectivity index (χ3v) is 3.41. The smallest absolute Gasteiger partial charge is 0.347 e. The SMILES string of the molecule is CCB(CC)OOC1(C)Cc2ccccc2OC1=O. The van der Waals surface area contributed by atoms with Gasteiger partial charge in [0.05, 0.1) is 0 Å². The van der Waals surface area contributed by atoms with Crippen LogP contribution in [0, 0.1) is 0 Å². The van der Waals surface area contributed by atoms with Crippen LogP contribution in [0.15, 0.2) is 24.3 Å². The van der Waals surface area contributed by atoms with Gasteiger partial charge in [0, 0.05) is 6.42 Å². The number of rotatable bonds is 5. The Morgan fingerprint density at radius 1 is 1.32 bits per heavy atom. The summed E-state index contributed by atoms with van der Waals surface area (Å²) in [4.78, 5) is 22.8. The van der Waals surface area contributed by atoms with Crippen LogP contribution in [0.2, 0.25) is 12.6 Å². The molecule has 0 radical (unpaired) electrons. The van der Waals surface area contributed by atoms with Crippen molar-refractivity contribution in [2.75, 3.05) is 0 Å². The summed E-state index contributed by atoms with van der Waals surface area (Å²) in [6, 6.07) is 7.48.